The van der Waals surface area contributed by atoms with Crippen LogP contribution in [0.2, 0.25) is 17.3 Å². The molecule has 0 saturated carbocycles. The number of benzene rings is 4. The molecule has 47 heavy (non-hydrogen) atoms. The molecule has 2 nitrogen and oxygen atoms in total. The van der Waals surface area contributed by atoms with Gasteiger partial charge in [-0.05, 0) is 63.5 Å². The van der Waals surface area contributed by atoms with E-state index in [1.165, 1.54) is 42.3 Å². The van der Waals surface area contributed by atoms with E-state index in [1.807, 2.05) is 54.9 Å². The van der Waals surface area contributed by atoms with Crippen LogP contribution in [0.15, 0.2) is 116 Å². The molecule has 4 aromatic carbocycles. The summed E-state index contributed by atoms with van der Waals surface area (Å²) < 4.78 is 17.2. The molecule has 0 saturated heterocycles. The number of nitrogens with zero attached hydrogens (tertiary/aromatic N) is 2. The SMILES string of the molecule is CC(C)Cc1ccnc(-c2[c-]ccc3c2sc2cc(-c4ccc(F)cc4)ccc23)c1.[CH3][Ge]([CH3])([CH3])[c]1ccc(-c2[c-]cccc2)nc1.[Ir]. The van der Waals surface area contributed by atoms with Crippen LogP contribution in [0, 0.1) is 23.9 Å². The van der Waals surface area contributed by atoms with E-state index < -0.39 is 13.3 Å². The Hall–Kier alpha value is -3.48. The average Bonchev–Trinajstić information content (AvgIpc) is 3.43. The number of aromatic nitrogens is 2. The fraction of sp³-hybridized carbons (Fsp3) is 0.171. The molecular formula is C41H37FGeIrN2S-2. The van der Waals surface area contributed by atoms with Gasteiger partial charge in [-0.1, -0.05) is 55.1 Å². The number of thiophene rings is 1. The zero-order chi connectivity index (χ0) is 32.3. The molecule has 239 valence electrons. The summed E-state index contributed by atoms with van der Waals surface area (Å²) in [6.07, 6.45) is 4.98. The summed E-state index contributed by atoms with van der Waals surface area (Å²) >= 11 is 0.0537. The minimum Gasteiger partial charge on any atom is 0 e. The third-order valence-electron chi connectivity index (χ3n) is 7.95. The molecule has 6 heteroatoms. The molecule has 7 aromatic rings. The van der Waals surface area contributed by atoms with E-state index in [-0.39, 0.29) is 25.9 Å². The molecule has 0 aliphatic rings. The van der Waals surface area contributed by atoms with Crippen LogP contribution < -0.4 is 4.40 Å². The van der Waals surface area contributed by atoms with Crippen LogP contribution in [0.25, 0.3) is 53.8 Å². The van der Waals surface area contributed by atoms with Crippen LogP contribution in [0.3, 0.4) is 0 Å². The number of halogens is 1. The Bertz CT molecular complexity index is 2080. The molecule has 0 spiro atoms. The first kappa shape index (κ1) is 34.8. The van der Waals surface area contributed by atoms with Crippen LogP contribution in [0.4, 0.5) is 4.39 Å². The summed E-state index contributed by atoms with van der Waals surface area (Å²) in [5.41, 5.74) is 7.53. The van der Waals surface area contributed by atoms with Crippen molar-refractivity contribution in [2.75, 3.05) is 0 Å². The number of hydrogen-bond donors (Lipinski definition) is 0. The summed E-state index contributed by atoms with van der Waals surface area (Å²) in [5, 5.41) is 2.46. The van der Waals surface area contributed by atoms with Gasteiger partial charge in [-0.3, -0.25) is 0 Å². The summed E-state index contributed by atoms with van der Waals surface area (Å²) in [7, 11) is 0. The van der Waals surface area contributed by atoms with E-state index in [0.717, 1.165) is 40.1 Å². The Morgan fingerprint density at radius 3 is 2.23 bits per heavy atom. The molecule has 0 N–H and O–H groups in total. The van der Waals surface area contributed by atoms with Crippen LogP contribution in [-0.4, -0.2) is 23.2 Å². The molecule has 0 bridgehead atoms. The van der Waals surface area contributed by atoms with Gasteiger partial charge < -0.3 is 4.98 Å². The van der Waals surface area contributed by atoms with Gasteiger partial charge in [-0.2, -0.15) is 11.3 Å². The second kappa shape index (κ2) is 15.2. The Morgan fingerprint density at radius 1 is 0.766 bits per heavy atom. The molecule has 1 radical (unpaired) electrons. The third-order valence-corrected chi connectivity index (χ3v) is 13.4. The molecule has 0 aliphatic heterocycles. The number of pyridine rings is 2. The van der Waals surface area contributed by atoms with Gasteiger partial charge in [0.05, 0.1) is 0 Å². The first-order chi connectivity index (χ1) is 22.2. The Labute approximate surface area is 297 Å². The van der Waals surface area contributed by atoms with Crippen LogP contribution in [0.5, 0.6) is 0 Å². The Morgan fingerprint density at radius 2 is 1.55 bits per heavy atom. The second-order valence-electron chi connectivity index (χ2n) is 13.0. The maximum Gasteiger partial charge on any atom is 0 e. The average molecular weight is 874 g/mol. The number of rotatable bonds is 6. The summed E-state index contributed by atoms with van der Waals surface area (Å²) in [4.78, 5) is 9.18. The van der Waals surface area contributed by atoms with Crippen molar-refractivity contribution in [1.29, 1.82) is 0 Å². The van der Waals surface area contributed by atoms with Crippen molar-refractivity contribution in [3.8, 4) is 33.6 Å². The van der Waals surface area contributed by atoms with Gasteiger partial charge in [-0.25, -0.2) is 4.39 Å². The van der Waals surface area contributed by atoms with Crippen molar-refractivity contribution < 1.29 is 24.5 Å². The van der Waals surface area contributed by atoms with E-state index in [1.54, 1.807) is 11.3 Å². The predicted molar refractivity (Wildman–Crippen MR) is 197 cm³/mol. The summed E-state index contributed by atoms with van der Waals surface area (Å²) in [5.74, 6) is 7.53. The number of fused-ring (bicyclic) bond motifs is 3. The molecule has 0 fully saturated rings. The third kappa shape index (κ3) is 8.34. The molecule has 0 aliphatic carbocycles. The van der Waals surface area contributed by atoms with Gasteiger partial charge in [0.2, 0.25) is 0 Å². The van der Waals surface area contributed by atoms with Gasteiger partial charge >= 0.3 is 99.8 Å². The fourth-order valence-electron chi connectivity index (χ4n) is 5.51. The van der Waals surface area contributed by atoms with Crippen molar-refractivity contribution in [2.24, 2.45) is 5.92 Å². The predicted octanol–water partition coefficient (Wildman–Crippen LogP) is 11.0. The van der Waals surface area contributed by atoms with E-state index in [4.69, 9.17) is 0 Å². The Kier molecular flexibility index (Phi) is 11.2. The first-order valence-electron chi connectivity index (χ1n) is 15.7. The van der Waals surface area contributed by atoms with E-state index in [0.29, 0.717) is 5.92 Å². The van der Waals surface area contributed by atoms with Crippen LogP contribution in [-0.2, 0) is 26.5 Å². The topological polar surface area (TPSA) is 25.8 Å². The van der Waals surface area contributed by atoms with Crippen LogP contribution in [0.1, 0.15) is 19.4 Å². The monoisotopic (exact) mass is 875 g/mol. The molecule has 3 heterocycles. The molecule has 7 rings (SSSR count). The van der Waals surface area contributed by atoms with Gasteiger partial charge in [-0.15, -0.1) is 23.8 Å². The van der Waals surface area contributed by atoms with Crippen molar-refractivity contribution >= 4 is 49.2 Å². The molecule has 0 amide bonds. The maximum absolute atomic E-state index is 13.3. The van der Waals surface area contributed by atoms with E-state index >= 15 is 0 Å². The van der Waals surface area contributed by atoms with E-state index in [9.17, 15) is 4.39 Å². The molecule has 0 unspecified atom stereocenters. The maximum atomic E-state index is 13.3. The largest absolute Gasteiger partial charge is 0 e. The minimum atomic E-state index is -1.72. The molecule has 0 atom stereocenters. The number of hydrogen-bond acceptors (Lipinski definition) is 3. The zero-order valence-electron chi connectivity index (χ0n) is 27.3. The van der Waals surface area contributed by atoms with Crippen molar-refractivity contribution in [1.82, 2.24) is 9.97 Å². The molecular weight excluding hydrogens is 836 g/mol. The smallest absolute Gasteiger partial charge is 0 e. The standard InChI is InChI=1S/C27H21FNS.C14H16GeN.Ir/c1-17(2)14-18-12-13-29-25(15-18)24-5-3-4-23-22-11-8-20(16-26(22)30-27(23)24)19-6-9-21(28)10-7-19;1-15(2,3)13-9-10-14(16-11-13)12-7-5-4-6-8-12;/h3-4,6-13,15-17H,14H2,1-2H3;4-7,9-11H,1-3H3;/q2*-1;. The van der Waals surface area contributed by atoms with Crippen LogP contribution >= 0.6 is 11.3 Å². The quantitative estimate of drug-likeness (QED) is 0.123. The van der Waals surface area contributed by atoms with Gasteiger partial charge in [0.15, 0.2) is 0 Å². The summed E-state index contributed by atoms with van der Waals surface area (Å²) in [6.45, 7) is 4.47. The normalized spacial score (nSPS) is 11.3. The van der Waals surface area contributed by atoms with Crippen molar-refractivity contribution in [3.05, 3.63) is 139 Å². The minimum absolute atomic E-state index is 0. The fourth-order valence-corrected chi connectivity index (χ4v) is 8.93. The van der Waals surface area contributed by atoms with Crippen molar-refractivity contribution in [2.45, 2.75) is 37.5 Å². The van der Waals surface area contributed by atoms with E-state index in [2.05, 4.69) is 102 Å². The van der Waals surface area contributed by atoms with Gasteiger partial charge in [0, 0.05) is 31.0 Å². The van der Waals surface area contributed by atoms with Gasteiger partial charge in [0.25, 0.3) is 0 Å². The first-order valence-corrected chi connectivity index (χ1v) is 23.8. The second-order valence-corrected chi connectivity index (χ2v) is 24.7. The molecule has 3 aromatic heterocycles. The van der Waals surface area contributed by atoms with Gasteiger partial charge in [0.1, 0.15) is 5.82 Å². The zero-order valence-corrected chi connectivity index (χ0v) is 32.6. The van der Waals surface area contributed by atoms with Crippen molar-refractivity contribution in [3.63, 3.8) is 0 Å². The summed E-state index contributed by atoms with van der Waals surface area (Å²) in [6, 6.07) is 40.5. The Balaban J connectivity index is 0.000000217.